The normalized spacial score (nSPS) is 23.1. The second-order valence-corrected chi connectivity index (χ2v) is 7.81. The van der Waals surface area contributed by atoms with Gasteiger partial charge in [-0.25, -0.2) is 8.97 Å². The van der Waals surface area contributed by atoms with E-state index >= 15 is 0 Å². The quantitative estimate of drug-likeness (QED) is 0.620. The van der Waals surface area contributed by atoms with Crippen LogP contribution in [-0.4, -0.2) is 52.9 Å². The van der Waals surface area contributed by atoms with Crippen molar-refractivity contribution in [2.45, 2.75) is 38.8 Å². The van der Waals surface area contributed by atoms with Crippen molar-refractivity contribution in [2.75, 3.05) is 23.9 Å². The van der Waals surface area contributed by atoms with Crippen molar-refractivity contribution in [1.82, 2.24) is 9.97 Å². The number of ether oxygens (including phenoxy) is 1. The van der Waals surface area contributed by atoms with Crippen molar-refractivity contribution in [2.24, 2.45) is 5.92 Å². The lowest BCUT2D eigenvalue weighted by atomic mass is 9.80. The van der Waals surface area contributed by atoms with E-state index in [2.05, 4.69) is 22.0 Å². The lowest BCUT2D eigenvalue weighted by Crippen LogP contribution is -2.45. The molecular formula is C21H25FN5O2+. The van der Waals surface area contributed by atoms with E-state index in [1.807, 2.05) is 30.4 Å². The highest BCUT2D eigenvalue weighted by Crippen LogP contribution is 2.36. The lowest BCUT2D eigenvalue weighted by Gasteiger charge is -2.34. The SMILES string of the molecule is C=[N+](c1nc(C)c2c(n1)N(C)[C@@H](C)C(=O)N2)[C@H]1C[C@@H](COc2ccc(F)cc2)C1. The van der Waals surface area contributed by atoms with Gasteiger partial charge < -0.3 is 15.0 Å². The van der Waals surface area contributed by atoms with Crippen LogP contribution in [-0.2, 0) is 4.79 Å². The monoisotopic (exact) mass is 398 g/mol. The molecule has 1 atom stereocenters. The number of nitrogens with one attached hydrogen (secondary N) is 1. The molecule has 2 aromatic rings. The smallest absolute Gasteiger partial charge is 0.434 e. The van der Waals surface area contributed by atoms with Gasteiger partial charge in [0.05, 0.1) is 12.6 Å². The molecule has 2 aliphatic rings. The molecule has 1 N–H and O–H groups in total. The molecule has 1 amide bonds. The van der Waals surface area contributed by atoms with Crippen LogP contribution in [0.15, 0.2) is 24.3 Å². The van der Waals surface area contributed by atoms with Crippen molar-refractivity contribution in [3.63, 3.8) is 0 Å². The highest BCUT2D eigenvalue weighted by Gasteiger charge is 2.38. The molecule has 0 spiro atoms. The van der Waals surface area contributed by atoms with Crippen molar-refractivity contribution < 1.29 is 18.5 Å². The number of rotatable bonds is 5. The van der Waals surface area contributed by atoms with Crippen LogP contribution < -0.4 is 15.0 Å². The molecule has 1 aliphatic carbocycles. The van der Waals surface area contributed by atoms with Crippen molar-refractivity contribution in [1.29, 1.82) is 0 Å². The van der Waals surface area contributed by atoms with E-state index in [0.717, 1.165) is 18.5 Å². The van der Waals surface area contributed by atoms with E-state index in [0.29, 0.717) is 35.7 Å². The van der Waals surface area contributed by atoms with Gasteiger partial charge in [-0.05, 0) is 61.9 Å². The Labute approximate surface area is 169 Å². The van der Waals surface area contributed by atoms with Crippen molar-refractivity contribution in [3.05, 3.63) is 35.8 Å². The average molecular weight is 398 g/mol. The summed E-state index contributed by atoms with van der Waals surface area (Å²) in [5.41, 5.74) is 1.38. The standard InChI is InChI=1S/C21H24FN5O2/c1-12-18-19(26(3)13(2)20(28)24-18)25-21(23-12)27(4)16-9-14(10-16)11-29-17-7-5-15(22)6-8-17/h5-8,13-14,16H,4,9-11H2,1-3H3/p+1/t13-,14-,16+/m0/s1. The Morgan fingerprint density at radius 2 is 2.00 bits per heavy atom. The van der Waals surface area contributed by atoms with Crippen LogP contribution in [0.1, 0.15) is 25.5 Å². The Hall–Kier alpha value is -3.03. The van der Waals surface area contributed by atoms with E-state index in [4.69, 9.17) is 4.74 Å². The zero-order chi connectivity index (χ0) is 20.7. The fourth-order valence-corrected chi connectivity index (χ4v) is 3.66. The molecule has 0 bridgehead atoms. The zero-order valence-electron chi connectivity index (χ0n) is 16.9. The van der Waals surface area contributed by atoms with Gasteiger partial charge in [0.25, 0.3) is 0 Å². The summed E-state index contributed by atoms with van der Waals surface area (Å²) >= 11 is 0. The van der Waals surface area contributed by atoms with Crippen LogP contribution >= 0.6 is 0 Å². The van der Waals surface area contributed by atoms with E-state index in [1.54, 1.807) is 12.1 Å². The van der Waals surface area contributed by atoms with Crippen LogP contribution in [0, 0.1) is 18.7 Å². The molecule has 29 heavy (non-hydrogen) atoms. The number of nitrogens with zero attached hydrogens (tertiary/aromatic N) is 4. The number of likely N-dealkylation sites (N-methyl/N-ethyl adjacent to an activating group) is 1. The second-order valence-electron chi connectivity index (χ2n) is 7.81. The van der Waals surface area contributed by atoms with Crippen LogP contribution in [0.4, 0.5) is 21.8 Å². The number of carbonyl (C=O) groups excluding carboxylic acids is 1. The first-order chi connectivity index (χ1) is 13.8. The Morgan fingerprint density at radius 3 is 2.69 bits per heavy atom. The third-order valence-corrected chi connectivity index (χ3v) is 5.81. The van der Waals surface area contributed by atoms with E-state index in [1.165, 1.54) is 12.1 Å². The lowest BCUT2D eigenvalue weighted by molar-refractivity contribution is -0.505. The molecule has 8 heteroatoms. The number of halogens is 1. The molecule has 2 heterocycles. The molecule has 1 saturated carbocycles. The van der Waals surface area contributed by atoms with Gasteiger partial charge in [0.2, 0.25) is 11.7 Å². The maximum Gasteiger partial charge on any atom is 0.434 e. The van der Waals surface area contributed by atoms with Gasteiger partial charge in [-0.2, -0.15) is 0 Å². The van der Waals surface area contributed by atoms with Gasteiger partial charge in [0.1, 0.15) is 29.0 Å². The summed E-state index contributed by atoms with van der Waals surface area (Å²) in [7, 11) is 1.86. The predicted octanol–water partition coefficient (Wildman–Crippen LogP) is 2.90. The number of fused-ring (bicyclic) bond motifs is 1. The fourth-order valence-electron chi connectivity index (χ4n) is 3.66. The molecule has 7 nitrogen and oxygen atoms in total. The molecule has 0 saturated heterocycles. The maximum atomic E-state index is 13.0. The van der Waals surface area contributed by atoms with Gasteiger partial charge in [-0.3, -0.25) is 4.79 Å². The first kappa shape index (κ1) is 19.3. The van der Waals surface area contributed by atoms with E-state index in [9.17, 15) is 9.18 Å². The van der Waals surface area contributed by atoms with Crippen LogP contribution in [0.5, 0.6) is 5.75 Å². The van der Waals surface area contributed by atoms with Crippen LogP contribution in [0.3, 0.4) is 0 Å². The number of benzene rings is 1. The summed E-state index contributed by atoms with van der Waals surface area (Å²) < 4.78 is 20.6. The number of aromatic nitrogens is 2. The summed E-state index contributed by atoms with van der Waals surface area (Å²) in [6.07, 6.45) is 1.85. The molecule has 0 radical (unpaired) electrons. The maximum absolute atomic E-state index is 13.0. The third-order valence-electron chi connectivity index (χ3n) is 5.81. The van der Waals surface area contributed by atoms with Gasteiger partial charge in [0.15, 0.2) is 0 Å². The number of aryl methyl sites for hydroxylation is 1. The number of anilines is 2. The van der Waals surface area contributed by atoms with Crippen LogP contribution in [0.2, 0.25) is 0 Å². The second kappa shape index (κ2) is 7.42. The van der Waals surface area contributed by atoms with Gasteiger partial charge in [0, 0.05) is 13.8 Å². The first-order valence-electron chi connectivity index (χ1n) is 9.74. The summed E-state index contributed by atoms with van der Waals surface area (Å²) in [5, 5.41) is 2.89. The number of carbonyl (C=O) groups is 1. The molecular weight excluding hydrogens is 373 g/mol. The minimum Gasteiger partial charge on any atom is -0.493 e. The topological polar surface area (TPSA) is 70.4 Å². The highest BCUT2D eigenvalue weighted by molar-refractivity contribution is 6.03. The Bertz CT molecular complexity index is 956. The Balaban J connectivity index is 1.39. The zero-order valence-corrected chi connectivity index (χ0v) is 16.9. The van der Waals surface area contributed by atoms with Crippen molar-refractivity contribution in [3.8, 4) is 5.75 Å². The average Bonchev–Trinajstić information content (AvgIpc) is 2.67. The minimum atomic E-state index is -0.292. The molecule has 0 unspecified atom stereocenters. The number of hydrogen-bond donors (Lipinski definition) is 1. The summed E-state index contributed by atoms with van der Waals surface area (Å²) in [6, 6.07) is 6.01. The van der Waals surface area contributed by atoms with E-state index in [-0.39, 0.29) is 23.8 Å². The molecule has 1 aliphatic heterocycles. The van der Waals surface area contributed by atoms with Crippen LogP contribution in [0.25, 0.3) is 0 Å². The Kier molecular flexibility index (Phi) is 4.94. The molecule has 1 aromatic carbocycles. The van der Waals surface area contributed by atoms with Crippen molar-refractivity contribution >= 4 is 30.1 Å². The molecule has 152 valence electrons. The molecule has 1 aromatic heterocycles. The van der Waals surface area contributed by atoms with E-state index < -0.39 is 0 Å². The van der Waals surface area contributed by atoms with Gasteiger partial charge >= 0.3 is 5.95 Å². The predicted molar refractivity (Wildman–Crippen MR) is 109 cm³/mol. The third kappa shape index (κ3) is 3.66. The summed E-state index contributed by atoms with van der Waals surface area (Å²) in [4.78, 5) is 23.1. The van der Waals surface area contributed by atoms with Gasteiger partial charge in [-0.1, -0.05) is 4.98 Å². The molecule has 4 rings (SSSR count). The fraction of sp³-hybridized carbons (Fsp3) is 0.429. The number of hydrogen-bond acceptors (Lipinski definition) is 5. The summed E-state index contributed by atoms with van der Waals surface area (Å²) in [5.74, 6) is 2.02. The molecule has 1 fully saturated rings. The Morgan fingerprint density at radius 1 is 1.31 bits per heavy atom. The first-order valence-corrected chi connectivity index (χ1v) is 9.74. The number of amides is 1. The highest BCUT2D eigenvalue weighted by atomic mass is 19.1. The van der Waals surface area contributed by atoms with Gasteiger partial charge in [-0.15, -0.1) is 0 Å². The minimum absolute atomic E-state index is 0.0612. The largest absolute Gasteiger partial charge is 0.493 e. The summed E-state index contributed by atoms with van der Waals surface area (Å²) in [6.45, 7) is 8.46.